The number of aromatic nitrogens is 3. The third-order valence-corrected chi connectivity index (χ3v) is 2.58. The normalized spacial score (nSPS) is 11.0. The predicted molar refractivity (Wildman–Crippen MR) is 68.0 cm³/mol. The molecule has 0 bridgehead atoms. The summed E-state index contributed by atoms with van der Waals surface area (Å²) >= 11 is 0. The van der Waals surface area contributed by atoms with Crippen molar-refractivity contribution in [3.05, 3.63) is 47.2 Å². The first kappa shape index (κ1) is 14.7. The number of hydrogen-bond donors (Lipinski definition) is 1. The summed E-state index contributed by atoms with van der Waals surface area (Å²) in [7, 11) is 0. The van der Waals surface area contributed by atoms with Crippen molar-refractivity contribution in [3.8, 4) is 6.07 Å². The number of nitrogens with zero attached hydrogens (tertiary/aromatic N) is 4. The van der Waals surface area contributed by atoms with Gasteiger partial charge >= 0.3 is 6.18 Å². The Labute approximate surface area is 118 Å². The van der Waals surface area contributed by atoms with Crippen molar-refractivity contribution in [2.75, 3.05) is 5.32 Å². The number of halogens is 3. The molecule has 108 valence electrons. The van der Waals surface area contributed by atoms with E-state index in [9.17, 15) is 13.2 Å². The molecule has 0 fully saturated rings. The number of alkyl halides is 3. The van der Waals surface area contributed by atoms with E-state index in [4.69, 9.17) is 5.26 Å². The number of pyridine rings is 1. The van der Waals surface area contributed by atoms with E-state index < -0.39 is 11.9 Å². The van der Waals surface area contributed by atoms with Crippen LogP contribution in [0.2, 0.25) is 0 Å². The second-order valence-electron chi connectivity index (χ2n) is 4.20. The average Bonchev–Trinajstić information content (AvgIpc) is 2.45. The molecule has 0 spiro atoms. The van der Waals surface area contributed by atoms with Gasteiger partial charge in [-0.15, -0.1) is 0 Å². The van der Waals surface area contributed by atoms with Crippen LogP contribution in [0.15, 0.2) is 24.5 Å². The standard InChI is InChI=1S/C13H10F3N5/c1-8-5-19-10(6-18-8)7-20-12-9(4-17)2-3-11(21-12)13(14,15)16/h2-3,5-6H,7H2,1H3,(H,20,21). The van der Waals surface area contributed by atoms with Crippen LogP contribution < -0.4 is 5.32 Å². The molecule has 21 heavy (non-hydrogen) atoms. The van der Waals surface area contributed by atoms with Crippen molar-refractivity contribution < 1.29 is 13.2 Å². The predicted octanol–water partition coefficient (Wildman–Crippen LogP) is 2.68. The Hall–Kier alpha value is -2.69. The molecule has 0 aliphatic carbocycles. The number of rotatable bonds is 3. The smallest absolute Gasteiger partial charge is 0.363 e. The average molecular weight is 293 g/mol. The Kier molecular flexibility index (Phi) is 4.03. The highest BCUT2D eigenvalue weighted by atomic mass is 19.4. The first-order chi connectivity index (χ1) is 9.90. The van der Waals surface area contributed by atoms with Gasteiger partial charge in [0.1, 0.15) is 17.6 Å². The molecule has 0 saturated carbocycles. The molecule has 1 N–H and O–H groups in total. The van der Waals surface area contributed by atoms with Gasteiger partial charge in [-0.25, -0.2) is 4.98 Å². The third kappa shape index (κ3) is 3.66. The lowest BCUT2D eigenvalue weighted by molar-refractivity contribution is -0.141. The van der Waals surface area contributed by atoms with Crippen LogP contribution in [0.5, 0.6) is 0 Å². The van der Waals surface area contributed by atoms with Crippen LogP contribution in [-0.2, 0) is 12.7 Å². The van der Waals surface area contributed by atoms with Gasteiger partial charge in [0.05, 0.1) is 29.7 Å². The molecule has 5 nitrogen and oxygen atoms in total. The van der Waals surface area contributed by atoms with Gasteiger partial charge in [-0.05, 0) is 19.1 Å². The molecule has 0 unspecified atom stereocenters. The highest BCUT2D eigenvalue weighted by Gasteiger charge is 2.33. The van der Waals surface area contributed by atoms with E-state index >= 15 is 0 Å². The molecule has 2 aromatic rings. The maximum atomic E-state index is 12.6. The second-order valence-corrected chi connectivity index (χ2v) is 4.20. The SMILES string of the molecule is Cc1cnc(CNc2nc(C(F)(F)F)ccc2C#N)cn1. The zero-order valence-electron chi connectivity index (χ0n) is 10.9. The van der Waals surface area contributed by atoms with Crippen LogP contribution in [0.3, 0.4) is 0 Å². The van der Waals surface area contributed by atoms with Gasteiger partial charge in [0.15, 0.2) is 0 Å². The van der Waals surface area contributed by atoms with E-state index in [2.05, 4.69) is 20.3 Å². The minimum atomic E-state index is -4.56. The topological polar surface area (TPSA) is 74.5 Å². The first-order valence-corrected chi connectivity index (χ1v) is 5.90. The summed E-state index contributed by atoms with van der Waals surface area (Å²) in [6, 6.07) is 3.65. The van der Waals surface area contributed by atoms with Gasteiger partial charge < -0.3 is 5.32 Å². The molecule has 0 atom stereocenters. The lowest BCUT2D eigenvalue weighted by atomic mass is 10.2. The lowest BCUT2D eigenvalue weighted by Gasteiger charge is -2.10. The zero-order valence-corrected chi connectivity index (χ0v) is 10.9. The Morgan fingerprint density at radius 3 is 2.57 bits per heavy atom. The Bertz CT molecular complexity index is 674. The molecule has 0 aromatic carbocycles. The summed E-state index contributed by atoms with van der Waals surface area (Å²) in [6.45, 7) is 1.89. The van der Waals surface area contributed by atoms with E-state index in [-0.39, 0.29) is 17.9 Å². The van der Waals surface area contributed by atoms with E-state index in [1.807, 2.05) is 0 Å². The molecule has 0 saturated heterocycles. The van der Waals surface area contributed by atoms with E-state index in [0.717, 1.165) is 17.8 Å². The molecule has 2 rings (SSSR count). The van der Waals surface area contributed by atoms with Gasteiger partial charge in [-0.1, -0.05) is 0 Å². The molecule has 2 aromatic heterocycles. The van der Waals surface area contributed by atoms with Crippen LogP contribution in [0.1, 0.15) is 22.6 Å². The van der Waals surface area contributed by atoms with Gasteiger partial charge in [0.25, 0.3) is 0 Å². The highest BCUT2D eigenvalue weighted by molar-refractivity contribution is 5.52. The molecule has 0 aliphatic heterocycles. The monoisotopic (exact) mass is 293 g/mol. The molecule has 0 amide bonds. The maximum Gasteiger partial charge on any atom is 0.433 e. The fourth-order valence-electron chi connectivity index (χ4n) is 1.53. The fourth-order valence-corrected chi connectivity index (χ4v) is 1.53. The molecule has 0 aliphatic rings. The molecule has 0 radical (unpaired) electrons. The number of nitriles is 1. The zero-order chi connectivity index (χ0) is 15.5. The van der Waals surface area contributed by atoms with Crippen molar-refractivity contribution in [2.24, 2.45) is 0 Å². The fraction of sp³-hybridized carbons (Fsp3) is 0.231. The number of nitrogens with one attached hydrogen (secondary N) is 1. The summed E-state index contributed by atoms with van der Waals surface area (Å²) in [6.07, 6.45) is -1.52. The quantitative estimate of drug-likeness (QED) is 0.941. The highest BCUT2D eigenvalue weighted by Crippen LogP contribution is 2.29. The Morgan fingerprint density at radius 2 is 2.00 bits per heavy atom. The van der Waals surface area contributed by atoms with Gasteiger partial charge in [-0.3, -0.25) is 9.97 Å². The van der Waals surface area contributed by atoms with Gasteiger partial charge in [-0.2, -0.15) is 18.4 Å². The number of hydrogen-bond acceptors (Lipinski definition) is 5. The van der Waals surface area contributed by atoms with Crippen LogP contribution in [0.4, 0.5) is 19.0 Å². The molecular weight excluding hydrogens is 283 g/mol. The van der Waals surface area contributed by atoms with Gasteiger partial charge in [0, 0.05) is 6.20 Å². The third-order valence-electron chi connectivity index (χ3n) is 2.58. The molecule has 2 heterocycles. The van der Waals surface area contributed by atoms with Crippen molar-refractivity contribution in [1.82, 2.24) is 15.0 Å². The number of anilines is 1. The van der Waals surface area contributed by atoms with Gasteiger partial charge in [0.2, 0.25) is 0 Å². The molecule has 8 heteroatoms. The van der Waals surface area contributed by atoms with E-state index in [1.165, 1.54) is 6.20 Å². The van der Waals surface area contributed by atoms with Crippen molar-refractivity contribution in [2.45, 2.75) is 19.6 Å². The summed E-state index contributed by atoms with van der Waals surface area (Å²) in [5.41, 5.74) is 0.236. The summed E-state index contributed by atoms with van der Waals surface area (Å²) in [5, 5.41) is 11.6. The largest absolute Gasteiger partial charge is 0.433 e. The number of aryl methyl sites for hydroxylation is 1. The lowest BCUT2D eigenvalue weighted by Crippen LogP contribution is -2.12. The minimum Gasteiger partial charge on any atom is -0.363 e. The summed E-state index contributed by atoms with van der Waals surface area (Å²) in [4.78, 5) is 11.5. The van der Waals surface area contributed by atoms with Crippen molar-refractivity contribution in [1.29, 1.82) is 5.26 Å². The Morgan fingerprint density at radius 1 is 1.24 bits per heavy atom. The first-order valence-electron chi connectivity index (χ1n) is 5.90. The Balaban J connectivity index is 2.22. The molecular formula is C13H10F3N5. The van der Waals surface area contributed by atoms with Crippen LogP contribution in [0, 0.1) is 18.3 Å². The summed E-state index contributed by atoms with van der Waals surface area (Å²) in [5.74, 6) is -0.130. The second kappa shape index (κ2) is 5.75. The maximum absolute atomic E-state index is 12.6. The van der Waals surface area contributed by atoms with Crippen LogP contribution in [0.25, 0.3) is 0 Å². The van der Waals surface area contributed by atoms with Crippen LogP contribution in [-0.4, -0.2) is 15.0 Å². The minimum absolute atomic E-state index is 0.0306. The van der Waals surface area contributed by atoms with Crippen molar-refractivity contribution in [3.63, 3.8) is 0 Å². The van der Waals surface area contributed by atoms with Crippen molar-refractivity contribution >= 4 is 5.82 Å². The van der Waals surface area contributed by atoms with E-state index in [0.29, 0.717) is 5.69 Å². The van der Waals surface area contributed by atoms with Crippen LogP contribution >= 0.6 is 0 Å². The van der Waals surface area contributed by atoms with E-state index in [1.54, 1.807) is 19.2 Å². The summed E-state index contributed by atoms with van der Waals surface area (Å²) < 4.78 is 37.8.